The highest BCUT2D eigenvalue weighted by molar-refractivity contribution is 7.89. The topological polar surface area (TPSA) is 70.2 Å². The standard InChI is InChI=1S/C9H14N2O3S/c1-3-11(4-2)15(13,14)9-7-10-6-5-8(9)12/h5-7H,3-4H2,1-2H3,(H,10,12). The van der Waals surface area contributed by atoms with Crippen molar-refractivity contribution in [3.05, 3.63) is 28.7 Å². The van der Waals surface area contributed by atoms with E-state index in [1.165, 1.54) is 22.8 Å². The van der Waals surface area contributed by atoms with Crippen LogP contribution in [-0.2, 0) is 10.0 Å². The van der Waals surface area contributed by atoms with Crippen molar-refractivity contribution < 1.29 is 8.42 Å². The first-order valence-corrected chi connectivity index (χ1v) is 6.15. The lowest BCUT2D eigenvalue weighted by molar-refractivity contribution is 0.444. The van der Waals surface area contributed by atoms with Crippen molar-refractivity contribution in [1.82, 2.24) is 9.29 Å². The van der Waals surface area contributed by atoms with Crippen LogP contribution in [0.5, 0.6) is 0 Å². The summed E-state index contributed by atoms with van der Waals surface area (Å²) in [6, 6.07) is 1.20. The van der Waals surface area contributed by atoms with Crippen LogP contribution in [0.25, 0.3) is 0 Å². The summed E-state index contributed by atoms with van der Waals surface area (Å²) >= 11 is 0. The molecule has 1 rings (SSSR count). The van der Waals surface area contributed by atoms with Crippen molar-refractivity contribution >= 4 is 10.0 Å². The Morgan fingerprint density at radius 3 is 2.40 bits per heavy atom. The van der Waals surface area contributed by atoms with E-state index in [9.17, 15) is 13.2 Å². The van der Waals surface area contributed by atoms with Crippen LogP contribution < -0.4 is 5.43 Å². The molecule has 0 fully saturated rings. The van der Waals surface area contributed by atoms with Gasteiger partial charge in [0.2, 0.25) is 15.5 Å². The second-order valence-electron chi connectivity index (χ2n) is 2.96. The van der Waals surface area contributed by atoms with Crippen LogP contribution in [0.15, 0.2) is 28.2 Å². The fourth-order valence-electron chi connectivity index (χ4n) is 1.31. The molecule has 0 unspecified atom stereocenters. The molecule has 0 aliphatic heterocycles. The third-order valence-electron chi connectivity index (χ3n) is 2.11. The van der Waals surface area contributed by atoms with Crippen LogP contribution in [0.3, 0.4) is 0 Å². The molecule has 1 N–H and O–H groups in total. The molecule has 1 aromatic heterocycles. The van der Waals surface area contributed by atoms with Crippen molar-refractivity contribution in [3.63, 3.8) is 0 Å². The number of H-pyrrole nitrogens is 1. The monoisotopic (exact) mass is 230 g/mol. The molecule has 0 saturated carbocycles. The molecule has 84 valence electrons. The normalized spacial score (nSPS) is 11.9. The maximum Gasteiger partial charge on any atom is 0.248 e. The maximum atomic E-state index is 11.9. The van der Waals surface area contributed by atoms with E-state index in [1.807, 2.05) is 0 Å². The minimum atomic E-state index is -3.64. The summed E-state index contributed by atoms with van der Waals surface area (Å²) in [5.41, 5.74) is -0.486. The Labute approximate surface area is 88.8 Å². The number of nitrogens with one attached hydrogen (secondary N) is 1. The number of aromatic nitrogens is 1. The average molecular weight is 230 g/mol. The summed E-state index contributed by atoms with van der Waals surface area (Å²) in [7, 11) is -3.64. The van der Waals surface area contributed by atoms with E-state index in [-0.39, 0.29) is 4.90 Å². The second kappa shape index (κ2) is 4.59. The molecule has 0 saturated heterocycles. The van der Waals surface area contributed by atoms with Gasteiger partial charge in [0.05, 0.1) is 0 Å². The highest BCUT2D eigenvalue weighted by atomic mass is 32.2. The van der Waals surface area contributed by atoms with Crippen LogP contribution in [0.1, 0.15) is 13.8 Å². The number of sulfonamides is 1. The summed E-state index contributed by atoms with van der Waals surface area (Å²) < 4.78 is 25.1. The van der Waals surface area contributed by atoms with Gasteiger partial charge < -0.3 is 4.98 Å². The summed E-state index contributed by atoms with van der Waals surface area (Å²) in [6.07, 6.45) is 2.62. The Bertz CT molecular complexity index is 474. The highest BCUT2D eigenvalue weighted by Crippen LogP contribution is 2.09. The molecule has 15 heavy (non-hydrogen) atoms. The first kappa shape index (κ1) is 11.9. The predicted molar refractivity (Wildman–Crippen MR) is 57.2 cm³/mol. The van der Waals surface area contributed by atoms with Crippen LogP contribution in [0, 0.1) is 0 Å². The number of nitrogens with zero attached hydrogens (tertiary/aromatic N) is 1. The molecule has 0 aliphatic rings. The lowest BCUT2D eigenvalue weighted by atomic mass is 10.5. The molecule has 6 heteroatoms. The number of rotatable bonds is 4. The lowest BCUT2D eigenvalue weighted by Crippen LogP contribution is -2.33. The Balaban J connectivity index is 3.29. The van der Waals surface area contributed by atoms with Gasteiger partial charge in [0, 0.05) is 31.5 Å². The van der Waals surface area contributed by atoms with Gasteiger partial charge in [-0.25, -0.2) is 8.42 Å². The first-order chi connectivity index (χ1) is 7.04. The van der Waals surface area contributed by atoms with Crippen molar-refractivity contribution in [3.8, 4) is 0 Å². The van der Waals surface area contributed by atoms with Crippen molar-refractivity contribution in [2.75, 3.05) is 13.1 Å². The zero-order chi connectivity index (χ0) is 11.5. The number of aromatic amines is 1. The van der Waals surface area contributed by atoms with E-state index in [1.54, 1.807) is 13.8 Å². The molecule has 1 heterocycles. The molecule has 0 amide bonds. The van der Waals surface area contributed by atoms with Crippen LogP contribution in [0.2, 0.25) is 0 Å². The molecular formula is C9H14N2O3S. The fourth-order valence-corrected chi connectivity index (χ4v) is 2.80. The Kier molecular flexibility index (Phi) is 3.65. The zero-order valence-electron chi connectivity index (χ0n) is 8.73. The molecule has 0 bridgehead atoms. The van der Waals surface area contributed by atoms with Gasteiger partial charge in [-0.3, -0.25) is 4.79 Å². The summed E-state index contributed by atoms with van der Waals surface area (Å²) in [5.74, 6) is 0. The SMILES string of the molecule is CCN(CC)S(=O)(=O)c1c[nH]ccc1=O. The number of pyridine rings is 1. The number of hydrogen-bond acceptors (Lipinski definition) is 3. The summed E-state index contributed by atoms with van der Waals surface area (Å²) in [6.45, 7) is 4.18. The lowest BCUT2D eigenvalue weighted by Gasteiger charge is -2.17. The largest absolute Gasteiger partial charge is 0.366 e. The van der Waals surface area contributed by atoms with E-state index < -0.39 is 15.5 Å². The minimum absolute atomic E-state index is 0.200. The molecule has 1 aromatic rings. The van der Waals surface area contributed by atoms with E-state index in [0.717, 1.165) is 0 Å². The van der Waals surface area contributed by atoms with Crippen molar-refractivity contribution in [2.24, 2.45) is 0 Å². The van der Waals surface area contributed by atoms with Gasteiger partial charge in [0.1, 0.15) is 4.90 Å². The molecule has 0 atom stereocenters. The van der Waals surface area contributed by atoms with E-state index in [2.05, 4.69) is 4.98 Å². The molecule has 0 spiro atoms. The smallest absolute Gasteiger partial charge is 0.248 e. The van der Waals surface area contributed by atoms with Gasteiger partial charge in [0.25, 0.3) is 0 Å². The van der Waals surface area contributed by atoms with Gasteiger partial charge in [-0.15, -0.1) is 0 Å². The fraction of sp³-hybridized carbons (Fsp3) is 0.444. The van der Waals surface area contributed by atoms with Crippen LogP contribution >= 0.6 is 0 Å². The Morgan fingerprint density at radius 2 is 1.93 bits per heavy atom. The average Bonchev–Trinajstić information content (AvgIpc) is 2.19. The minimum Gasteiger partial charge on any atom is -0.366 e. The van der Waals surface area contributed by atoms with Gasteiger partial charge in [-0.2, -0.15) is 4.31 Å². The van der Waals surface area contributed by atoms with Gasteiger partial charge in [-0.1, -0.05) is 13.8 Å². The zero-order valence-corrected chi connectivity index (χ0v) is 9.54. The predicted octanol–water partition coefficient (Wildman–Crippen LogP) is 0.405. The van der Waals surface area contributed by atoms with Crippen molar-refractivity contribution in [2.45, 2.75) is 18.7 Å². The third-order valence-corrected chi connectivity index (χ3v) is 4.18. The van der Waals surface area contributed by atoms with Gasteiger partial charge in [0.15, 0.2) is 0 Å². The Morgan fingerprint density at radius 1 is 1.33 bits per heavy atom. The molecule has 5 nitrogen and oxygen atoms in total. The molecular weight excluding hydrogens is 216 g/mol. The van der Waals surface area contributed by atoms with E-state index >= 15 is 0 Å². The summed E-state index contributed by atoms with van der Waals surface area (Å²) in [5, 5.41) is 0. The van der Waals surface area contributed by atoms with Crippen LogP contribution in [0.4, 0.5) is 0 Å². The van der Waals surface area contributed by atoms with E-state index in [4.69, 9.17) is 0 Å². The van der Waals surface area contributed by atoms with Gasteiger partial charge in [-0.05, 0) is 0 Å². The quantitative estimate of drug-likeness (QED) is 0.814. The second-order valence-corrected chi connectivity index (χ2v) is 4.87. The molecule has 0 aliphatic carbocycles. The Hall–Kier alpha value is -1.14. The first-order valence-electron chi connectivity index (χ1n) is 4.71. The third kappa shape index (κ3) is 2.27. The highest BCUT2D eigenvalue weighted by Gasteiger charge is 2.23. The molecule has 0 radical (unpaired) electrons. The van der Waals surface area contributed by atoms with Crippen LogP contribution in [-0.4, -0.2) is 30.8 Å². The van der Waals surface area contributed by atoms with Crippen molar-refractivity contribution in [1.29, 1.82) is 0 Å². The van der Waals surface area contributed by atoms with E-state index in [0.29, 0.717) is 13.1 Å². The molecule has 0 aromatic carbocycles. The van der Waals surface area contributed by atoms with Gasteiger partial charge >= 0.3 is 0 Å². The number of hydrogen-bond donors (Lipinski definition) is 1. The summed E-state index contributed by atoms with van der Waals surface area (Å²) in [4.78, 5) is 13.8. The maximum absolute atomic E-state index is 11.9.